The Morgan fingerprint density at radius 1 is 1.29 bits per heavy atom. The number of anilines is 2. The van der Waals surface area contributed by atoms with E-state index in [1.165, 1.54) is 0 Å². The van der Waals surface area contributed by atoms with Gasteiger partial charge in [0, 0.05) is 22.9 Å². The second-order valence-corrected chi connectivity index (χ2v) is 8.65. The van der Waals surface area contributed by atoms with Gasteiger partial charge in [0.2, 0.25) is 11.8 Å². The summed E-state index contributed by atoms with van der Waals surface area (Å²) < 4.78 is 0. The molecule has 1 unspecified atom stereocenters. The predicted octanol–water partition coefficient (Wildman–Crippen LogP) is 3.18. The number of likely N-dealkylation sites (N-methyl/N-ethyl adjacent to an activating group) is 1. The highest BCUT2D eigenvalue weighted by atomic mass is 32.2. The van der Waals surface area contributed by atoms with Crippen molar-refractivity contribution in [2.24, 2.45) is 0 Å². The van der Waals surface area contributed by atoms with E-state index in [2.05, 4.69) is 23.3 Å². The van der Waals surface area contributed by atoms with Crippen molar-refractivity contribution < 1.29 is 9.59 Å². The number of para-hydroxylation sites is 1. The van der Waals surface area contributed by atoms with Gasteiger partial charge in [-0.05, 0) is 50.2 Å². The lowest BCUT2D eigenvalue weighted by atomic mass is 10.2. The van der Waals surface area contributed by atoms with Gasteiger partial charge in [0.05, 0.1) is 18.8 Å². The zero-order valence-electron chi connectivity index (χ0n) is 16.5. The number of benzene rings is 1. The molecule has 0 saturated carbocycles. The van der Waals surface area contributed by atoms with Crippen molar-refractivity contribution >= 4 is 35.1 Å². The summed E-state index contributed by atoms with van der Waals surface area (Å²) in [5.74, 6) is 0.345. The van der Waals surface area contributed by atoms with Crippen LogP contribution in [0.3, 0.4) is 0 Å². The molecule has 0 spiro atoms. The summed E-state index contributed by atoms with van der Waals surface area (Å²) in [6, 6.07) is 11.7. The number of rotatable bonds is 5. The monoisotopic (exact) mass is 398 g/mol. The van der Waals surface area contributed by atoms with E-state index >= 15 is 0 Å². The van der Waals surface area contributed by atoms with Crippen molar-refractivity contribution in [3.63, 3.8) is 0 Å². The quantitative estimate of drug-likeness (QED) is 0.838. The summed E-state index contributed by atoms with van der Waals surface area (Å²) in [6.45, 7) is 5.13. The Bertz CT molecular complexity index is 858. The van der Waals surface area contributed by atoms with Crippen LogP contribution in [0.2, 0.25) is 0 Å². The second-order valence-electron chi connectivity index (χ2n) is 7.17. The van der Waals surface area contributed by atoms with Gasteiger partial charge in [-0.15, -0.1) is 11.8 Å². The zero-order chi connectivity index (χ0) is 20.1. The molecule has 2 aromatic rings. The maximum absolute atomic E-state index is 12.9. The Hall–Kier alpha value is -2.38. The van der Waals surface area contributed by atoms with E-state index in [9.17, 15) is 9.59 Å². The van der Waals surface area contributed by atoms with Gasteiger partial charge < -0.3 is 10.2 Å². The first-order valence-corrected chi connectivity index (χ1v) is 10.3. The van der Waals surface area contributed by atoms with E-state index in [0.717, 1.165) is 22.6 Å². The first-order valence-electron chi connectivity index (χ1n) is 9.39. The Balaban J connectivity index is 1.60. The van der Waals surface area contributed by atoms with Crippen LogP contribution in [-0.4, -0.2) is 53.6 Å². The lowest BCUT2D eigenvalue weighted by molar-refractivity contribution is -0.121. The van der Waals surface area contributed by atoms with Crippen LogP contribution in [-0.2, 0) is 9.59 Å². The van der Waals surface area contributed by atoms with Gasteiger partial charge >= 0.3 is 0 Å². The van der Waals surface area contributed by atoms with Gasteiger partial charge in [-0.2, -0.15) is 0 Å². The maximum Gasteiger partial charge on any atom is 0.241 e. The van der Waals surface area contributed by atoms with Crippen LogP contribution in [0.4, 0.5) is 11.5 Å². The molecule has 2 amide bonds. The number of thioether (sulfide) groups is 1. The molecular weight excluding hydrogens is 372 g/mol. The van der Waals surface area contributed by atoms with E-state index in [1.54, 1.807) is 18.1 Å². The minimum Gasteiger partial charge on any atom is -0.310 e. The summed E-state index contributed by atoms with van der Waals surface area (Å²) in [5.41, 5.74) is 1.99. The zero-order valence-corrected chi connectivity index (χ0v) is 17.3. The normalized spacial score (nSPS) is 16.4. The van der Waals surface area contributed by atoms with Gasteiger partial charge in [-0.1, -0.05) is 19.1 Å². The molecule has 1 atom stereocenters. The molecule has 3 rings (SSSR count). The number of nitrogens with zero attached hydrogens (tertiary/aromatic N) is 3. The molecule has 0 bridgehead atoms. The molecular formula is C21H26N4O2S. The summed E-state index contributed by atoms with van der Waals surface area (Å²) in [4.78, 5) is 34.1. The first kappa shape index (κ1) is 20.4. The number of carbonyl (C=O) groups excluding carboxylic acids is 2. The molecule has 7 heteroatoms. The molecule has 0 fully saturated rings. The molecule has 1 aromatic carbocycles. The van der Waals surface area contributed by atoms with Gasteiger partial charge in [0.1, 0.15) is 5.82 Å². The van der Waals surface area contributed by atoms with Crippen molar-refractivity contribution in [1.82, 2.24) is 9.88 Å². The molecule has 28 heavy (non-hydrogen) atoms. The predicted molar refractivity (Wildman–Crippen MR) is 114 cm³/mol. The minimum absolute atomic E-state index is 0.00568. The SMILES string of the molecule is Cc1ccnc(NC(=O)CN(C)CC(=O)N2CCC(C)Sc3ccccc32)c1. The molecule has 1 aliphatic heterocycles. The average molecular weight is 399 g/mol. The first-order chi connectivity index (χ1) is 13.4. The number of pyridine rings is 1. The summed E-state index contributed by atoms with van der Waals surface area (Å²) >= 11 is 1.81. The number of aryl methyl sites for hydroxylation is 1. The number of aromatic nitrogens is 1. The molecule has 2 heterocycles. The largest absolute Gasteiger partial charge is 0.310 e. The fourth-order valence-electron chi connectivity index (χ4n) is 3.15. The summed E-state index contributed by atoms with van der Waals surface area (Å²) in [5, 5.41) is 3.24. The molecule has 0 radical (unpaired) electrons. The van der Waals surface area contributed by atoms with Gasteiger partial charge in [0.25, 0.3) is 0 Å². The van der Waals surface area contributed by atoms with Crippen LogP contribution in [0.15, 0.2) is 47.5 Å². The van der Waals surface area contributed by atoms with Crippen LogP contribution in [0.1, 0.15) is 18.9 Å². The summed E-state index contributed by atoms with van der Waals surface area (Å²) in [7, 11) is 1.78. The molecule has 1 N–H and O–H groups in total. The Morgan fingerprint density at radius 3 is 2.86 bits per heavy atom. The van der Waals surface area contributed by atoms with E-state index < -0.39 is 0 Å². The fraction of sp³-hybridized carbons (Fsp3) is 0.381. The Morgan fingerprint density at radius 2 is 2.07 bits per heavy atom. The molecule has 6 nitrogen and oxygen atoms in total. The number of fused-ring (bicyclic) bond motifs is 1. The highest BCUT2D eigenvalue weighted by Gasteiger charge is 2.25. The summed E-state index contributed by atoms with van der Waals surface area (Å²) in [6.07, 6.45) is 2.60. The van der Waals surface area contributed by atoms with Crippen LogP contribution in [0.25, 0.3) is 0 Å². The topological polar surface area (TPSA) is 65.5 Å². The minimum atomic E-state index is -0.186. The van der Waals surface area contributed by atoms with Crippen molar-refractivity contribution in [2.75, 3.05) is 36.9 Å². The highest BCUT2D eigenvalue weighted by Crippen LogP contribution is 2.37. The number of carbonyl (C=O) groups is 2. The van der Waals surface area contributed by atoms with Crippen LogP contribution in [0, 0.1) is 6.92 Å². The van der Waals surface area contributed by atoms with Crippen LogP contribution >= 0.6 is 11.8 Å². The second kappa shape index (κ2) is 9.21. The van der Waals surface area contributed by atoms with E-state index in [-0.39, 0.29) is 24.9 Å². The van der Waals surface area contributed by atoms with Gasteiger partial charge in [-0.3, -0.25) is 14.5 Å². The molecule has 0 aliphatic carbocycles. The van der Waals surface area contributed by atoms with Crippen molar-refractivity contribution in [2.45, 2.75) is 30.4 Å². The van der Waals surface area contributed by atoms with E-state index in [0.29, 0.717) is 17.6 Å². The average Bonchev–Trinajstić information content (AvgIpc) is 2.79. The molecule has 148 valence electrons. The fourth-order valence-corrected chi connectivity index (χ4v) is 4.26. The molecule has 1 aromatic heterocycles. The van der Waals surface area contributed by atoms with Crippen LogP contribution in [0.5, 0.6) is 0 Å². The highest BCUT2D eigenvalue weighted by molar-refractivity contribution is 8.00. The van der Waals surface area contributed by atoms with Crippen LogP contribution < -0.4 is 10.2 Å². The van der Waals surface area contributed by atoms with Crippen molar-refractivity contribution in [3.05, 3.63) is 48.2 Å². The van der Waals surface area contributed by atoms with Crippen molar-refractivity contribution in [1.29, 1.82) is 0 Å². The maximum atomic E-state index is 12.9. The number of hydrogen-bond acceptors (Lipinski definition) is 5. The van der Waals surface area contributed by atoms with E-state index in [4.69, 9.17) is 0 Å². The lowest BCUT2D eigenvalue weighted by Gasteiger charge is -2.25. The Labute approximate surface area is 170 Å². The number of hydrogen-bond donors (Lipinski definition) is 1. The third-order valence-electron chi connectivity index (χ3n) is 4.55. The van der Waals surface area contributed by atoms with Gasteiger partial charge in [0.15, 0.2) is 0 Å². The smallest absolute Gasteiger partial charge is 0.241 e. The lowest BCUT2D eigenvalue weighted by Crippen LogP contribution is -2.42. The van der Waals surface area contributed by atoms with Crippen molar-refractivity contribution in [3.8, 4) is 0 Å². The van der Waals surface area contributed by atoms with E-state index in [1.807, 2.05) is 53.9 Å². The number of amides is 2. The third-order valence-corrected chi connectivity index (χ3v) is 5.78. The Kier molecular flexibility index (Phi) is 6.70. The van der Waals surface area contributed by atoms with Gasteiger partial charge in [-0.25, -0.2) is 4.98 Å². The molecule has 1 aliphatic rings. The number of nitrogens with one attached hydrogen (secondary N) is 1. The third kappa shape index (κ3) is 5.33. The molecule has 0 saturated heterocycles. The standard InChI is InChI=1S/C21H26N4O2S/c1-15-8-10-22-19(12-15)23-20(26)13-24(3)14-21(27)25-11-9-16(2)28-18-7-5-4-6-17(18)25/h4-8,10,12,16H,9,11,13-14H2,1-3H3,(H,22,23,26).